The first kappa shape index (κ1) is 8.25. The Balaban J connectivity index is 3.29. The maximum absolute atomic E-state index is 10.4. The summed E-state index contributed by atoms with van der Waals surface area (Å²) in [5.41, 5.74) is 5.49. The smallest absolute Gasteiger partial charge is 0.333 e. The average molecular weight is 168 g/mol. The fraction of sp³-hybridized carbons (Fsp3) is 0.167. The van der Waals surface area contributed by atoms with Gasteiger partial charge in [-0.05, 0) is 6.07 Å². The van der Waals surface area contributed by atoms with Crippen molar-refractivity contribution in [3.05, 3.63) is 22.4 Å². The summed E-state index contributed by atoms with van der Waals surface area (Å²) < 4.78 is 0. The molecule has 0 saturated carbocycles. The van der Waals surface area contributed by atoms with Gasteiger partial charge >= 0.3 is 5.69 Å². The van der Waals surface area contributed by atoms with Crippen molar-refractivity contribution in [3.63, 3.8) is 0 Å². The minimum Gasteiger partial charge on any atom is -0.382 e. The van der Waals surface area contributed by atoms with Crippen LogP contribution in [0.1, 0.15) is 0 Å². The maximum atomic E-state index is 10.4. The van der Waals surface area contributed by atoms with Gasteiger partial charge in [-0.3, -0.25) is 10.1 Å². The van der Waals surface area contributed by atoms with E-state index < -0.39 is 4.92 Å². The van der Waals surface area contributed by atoms with Crippen molar-refractivity contribution < 1.29 is 4.92 Å². The molecule has 0 fully saturated rings. The fourth-order valence-corrected chi connectivity index (χ4v) is 0.864. The lowest BCUT2D eigenvalue weighted by molar-refractivity contribution is -0.383. The van der Waals surface area contributed by atoms with Crippen molar-refractivity contribution in [2.45, 2.75) is 0 Å². The fourth-order valence-electron chi connectivity index (χ4n) is 0.864. The van der Waals surface area contributed by atoms with Gasteiger partial charge in [0.2, 0.25) is 5.82 Å². The van der Waals surface area contributed by atoms with E-state index in [4.69, 9.17) is 5.73 Å². The molecule has 0 radical (unpaired) electrons. The molecule has 1 aromatic heterocycles. The van der Waals surface area contributed by atoms with Gasteiger partial charge in [0.1, 0.15) is 5.69 Å². The molecule has 0 aliphatic carbocycles. The van der Waals surface area contributed by atoms with Gasteiger partial charge in [-0.2, -0.15) is 0 Å². The van der Waals surface area contributed by atoms with Crippen molar-refractivity contribution in [1.82, 2.24) is 4.98 Å². The molecule has 0 aliphatic heterocycles. The maximum Gasteiger partial charge on any atom is 0.333 e. The van der Waals surface area contributed by atoms with Crippen LogP contribution in [0, 0.1) is 10.1 Å². The molecule has 0 aliphatic rings. The molecule has 0 unspecified atom stereocenters. The van der Waals surface area contributed by atoms with Gasteiger partial charge in [-0.25, -0.2) is 4.98 Å². The number of aromatic nitrogens is 1. The van der Waals surface area contributed by atoms with Gasteiger partial charge in [0.05, 0.1) is 4.92 Å². The molecule has 12 heavy (non-hydrogen) atoms. The van der Waals surface area contributed by atoms with Crippen LogP contribution >= 0.6 is 0 Å². The average Bonchev–Trinajstić information content (AvgIpc) is 2.03. The highest BCUT2D eigenvalue weighted by molar-refractivity contribution is 5.70. The summed E-state index contributed by atoms with van der Waals surface area (Å²) in [4.78, 5) is 13.5. The van der Waals surface area contributed by atoms with E-state index in [2.05, 4.69) is 10.3 Å². The Kier molecular flexibility index (Phi) is 2.09. The van der Waals surface area contributed by atoms with Crippen molar-refractivity contribution in [2.75, 3.05) is 18.1 Å². The lowest BCUT2D eigenvalue weighted by Gasteiger charge is -2.01. The first-order valence-electron chi connectivity index (χ1n) is 3.23. The minimum absolute atomic E-state index is 0.0770. The molecular weight excluding hydrogens is 160 g/mol. The van der Waals surface area contributed by atoms with Gasteiger partial charge in [0.25, 0.3) is 0 Å². The molecule has 1 aromatic rings. The van der Waals surface area contributed by atoms with Gasteiger partial charge in [0, 0.05) is 13.2 Å². The Bertz CT molecular complexity index is 312. The second kappa shape index (κ2) is 3.04. The number of pyridine rings is 1. The molecule has 3 N–H and O–H groups in total. The number of nitrogens with one attached hydrogen (secondary N) is 1. The molecular formula is C6H8N4O2. The monoisotopic (exact) mass is 168 g/mol. The predicted molar refractivity (Wildman–Crippen MR) is 44.9 cm³/mol. The molecule has 0 aromatic carbocycles. The summed E-state index contributed by atoms with van der Waals surface area (Å²) in [5, 5.41) is 13.1. The molecule has 0 bridgehead atoms. The third-order valence-electron chi connectivity index (χ3n) is 1.40. The number of anilines is 2. The molecule has 0 saturated heterocycles. The van der Waals surface area contributed by atoms with E-state index >= 15 is 0 Å². The second-order valence-corrected chi connectivity index (χ2v) is 2.10. The zero-order valence-corrected chi connectivity index (χ0v) is 6.44. The van der Waals surface area contributed by atoms with Crippen LogP contribution in [0.25, 0.3) is 0 Å². The number of nitrogens with zero attached hydrogens (tertiary/aromatic N) is 2. The van der Waals surface area contributed by atoms with Crippen LogP contribution in [0.2, 0.25) is 0 Å². The number of nitrogens with two attached hydrogens (primary N) is 1. The van der Waals surface area contributed by atoms with Crippen molar-refractivity contribution in [2.24, 2.45) is 0 Å². The second-order valence-electron chi connectivity index (χ2n) is 2.10. The highest BCUT2D eigenvalue weighted by atomic mass is 16.6. The third kappa shape index (κ3) is 1.26. The molecule has 0 spiro atoms. The molecule has 1 heterocycles. The van der Waals surface area contributed by atoms with E-state index in [1.807, 2.05) is 0 Å². The largest absolute Gasteiger partial charge is 0.382 e. The summed E-state index contributed by atoms with van der Waals surface area (Å²) in [6.07, 6.45) is 1.41. The SMILES string of the molecule is CNc1ccnc(N)c1[N+](=O)[O-]. The lowest BCUT2D eigenvalue weighted by Crippen LogP contribution is -2.02. The molecule has 6 heteroatoms. The number of nitro groups is 1. The quantitative estimate of drug-likeness (QED) is 0.498. The topological polar surface area (TPSA) is 94.1 Å². The van der Waals surface area contributed by atoms with Gasteiger partial charge in [0.15, 0.2) is 0 Å². The van der Waals surface area contributed by atoms with E-state index in [-0.39, 0.29) is 11.5 Å². The molecule has 1 rings (SSSR count). The molecule has 64 valence electrons. The summed E-state index contributed by atoms with van der Waals surface area (Å²) in [6.45, 7) is 0. The standard InChI is InChI=1S/C6H8N4O2/c1-8-4-2-3-9-6(7)5(4)10(11)12/h2-3H,1H3,(H3,7,8,9). The Morgan fingerprint density at radius 2 is 2.42 bits per heavy atom. The first-order valence-corrected chi connectivity index (χ1v) is 3.23. The predicted octanol–water partition coefficient (Wildman–Crippen LogP) is 0.614. The Morgan fingerprint density at radius 1 is 1.75 bits per heavy atom. The van der Waals surface area contributed by atoms with E-state index in [1.165, 1.54) is 12.3 Å². The van der Waals surface area contributed by atoms with Crippen LogP contribution in [0.5, 0.6) is 0 Å². The summed E-state index contributed by atoms with van der Waals surface area (Å²) in [5.74, 6) is -0.0770. The van der Waals surface area contributed by atoms with Crippen molar-refractivity contribution in [1.29, 1.82) is 0 Å². The zero-order valence-electron chi connectivity index (χ0n) is 6.44. The highest BCUT2D eigenvalue weighted by Crippen LogP contribution is 2.27. The highest BCUT2D eigenvalue weighted by Gasteiger charge is 2.17. The van der Waals surface area contributed by atoms with Crippen LogP contribution < -0.4 is 11.1 Å². The minimum atomic E-state index is -0.561. The number of nitrogen functional groups attached to an aromatic ring is 1. The van der Waals surface area contributed by atoms with Crippen LogP contribution in [0.4, 0.5) is 17.2 Å². The summed E-state index contributed by atoms with van der Waals surface area (Å²) in [7, 11) is 1.59. The van der Waals surface area contributed by atoms with Crippen LogP contribution in [0.15, 0.2) is 12.3 Å². The summed E-state index contributed by atoms with van der Waals surface area (Å²) in [6, 6.07) is 1.49. The Labute approximate surface area is 68.6 Å². The van der Waals surface area contributed by atoms with Crippen LogP contribution in [-0.2, 0) is 0 Å². The number of rotatable bonds is 2. The zero-order chi connectivity index (χ0) is 9.14. The van der Waals surface area contributed by atoms with Crippen LogP contribution in [0.3, 0.4) is 0 Å². The van der Waals surface area contributed by atoms with Gasteiger partial charge < -0.3 is 11.1 Å². The normalized spacial score (nSPS) is 9.42. The Morgan fingerprint density at radius 3 is 2.83 bits per heavy atom. The van der Waals surface area contributed by atoms with Crippen LogP contribution in [-0.4, -0.2) is 17.0 Å². The number of hydrogen-bond acceptors (Lipinski definition) is 5. The number of hydrogen-bond donors (Lipinski definition) is 2. The van der Waals surface area contributed by atoms with Crippen molar-refractivity contribution >= 4 is 17.2 Å². The molecule has 6 nitrogen and oxygen atoms in total. The molecule has 0 atom stereocenters. The summed E-state index contributed by atoms with van der Waals surface area (Å²) >= 11 is 0. The Hall–Kier alpha value is -1.85. The van der Waals surface area contributed by atoms with E-state index in [0.717, 1.165) is 0 Å². The third-order valence-corrected chi connectivity index (χ3v) is 1.40. The van der Waals surface area contributed by atoms with Crippen molar-refractivity contribution in [3.8, 4) is 0 Å². The van der Waals surface area contributed by atoms with E-state index in [9.17, 15) is 10.1 Å². The van der Waals surface area contributed by atoms with E-state index in [1.54, 1.807) is 7.05 Å². The van der Waals surface area contributed by atoms with Gasteiger partial charge in [-0.1, -0.05) is 0 Å². The first-order chi connectivity index (χ1) is 5.66. The lowest BCUT2D eigenvalue weighted by atomic mass is 10.3. The molecule has 0 amide bonds. The van der Waals surface area contributed by atoms with Gasteiger partial charge in [-0.15, -0.1) is 0 Å². The van der Waals surface area contributed by atoms with E-state index in [0.29, 0.717) is 5.69 Å².